The predicted molar refractivity (Wildman–Crippen MR) is 71.8 cm³/mol. The Labute approximate surface area is 114 Å². The monoisotopic (exact) mass is 284 g/mol. The van der Waals surface area contributed by atoms with Crippen molar-refractivity contribution < 1.29 is 4.74 Å². The lowest BCUT2D eigenvalue weighted by Crippen LogP contribution is -2.06. The third-order valence-electron chi connectivity index (χ3n) is 2.11. The molecule has 2 aromatic rings. The molecule has 7 heteroatoms. The molecule has 0 aliphatic rings. The average molecular weight is 285 g/mol. The molecule has 0 aliphatic heterocycles. The van der Waals surface area contributed by atoms with E-state index in [9.17, 15) is 0 Å². The van der Waals surface area contributed by atoms with Crippen molar-refractivity contribution >= 4 is 28.8 Å². The summed E-state index contributed by atoms with van der Waals surface area (Å²) in [4.78, 5) is 12.6. The zero-order chi connectivity index (χ0) is 12.8. The lowest BCUT2D eigenvalue weighted by atomic mass is 10.4. The molecule has 0 aromatic carbocycles. The summed E-state index contributed by atoms with van der Waals surface area (Å²) in [5, 5.41) is 5.54. The van der Waals surface area contributed by atoms with E-state index < -0.39 is 0 Å². The van der Waals surface area contributed by atoms with Crippen molar-refractivity contribution in [1.82, 2.24) is 15.0 Å². The lowest BCUT2D eigenvalue weighted by molar-refractivity contribution is 0.128. The van der Waals surface area contributed by atoms with Crippen LogP contribution in [0.2, 0.25) is 5.15 Å². The van der Waals surface area contributed by atoms with Crippen LogP contribution in [0.4, 0.5) is 5.82 Å². The van der Waals surface area contributed by atoms with Gasteiger partial charge in [-0.2, -0.15) is 0 Å². The first-order valence-corrected chi connectivity index (χ1v) is 6.82. The summed E-state index contributed by atoms with van der Waals surface area (Å²) >= 11 is 7.49. The van der Waals surface area contributed by atoms with Gasteiger partial charge in [0.25, 0.3) is 0 Å². The van der Waals surface area contributed by atoms with Gasteiger partial charge in [0.05, 0.1) is 17.7 Å². The maximum atomic E-state index is 5.93. The number of ether oxygens (including phenoxy) is 1. The first-order chi connectivity index (χ1) is 8.78. The molecule has 2 aromatic heterocycles. The minimum Gasteiger partial charge on any atom is -0.374 e. The molecule has 0 fully saturated rings. The van der Waals surface area contributed by atoms with Crippen molar-refractivity contribution in [3.05, 3.63) is 33.6 Å². The van der Waals surface area contributed by atoms with Crippen LogP contribution < -0.4 is 5.32 Å². The molecule has 0 atom stereocenters. The molecule has 0 bridgehead atoms. The molecular formula is C11H13ClN4OS. The number of hydrogen-bond acceptors (Lipinski definition) is 6. The molecule has 0 spiro atoms. The Morgan fingerprint density at radius 3 is 3.06 bits per heavy atom. The van der Waals surface area contributed by atoms with Gasteiger partial charge in [-0.15, -0.1) is 11.3 Å². The molecule has 0 saturated carbocycles. The van der Waals surface area contributed by atoms with Crippen LogP contribution >= 0.6 is 22.9 Å². The molecule has 0 amide bonds. The van der Waals surface area contributed by atoms with E-state index in [1.165, 1.54) is 0 Å². The highest BCUT2D eigenvalue weighted by Crippen LogP contribution is 2.13. The van der Waals surface area contributed by atoms with Gasteiger partial charge in [0.2, 0.25) is 0 Å². The van der Waals surface area contributed by atoms with Crippen molar-refractivity contribution in [3.8, 4) is 0 Å². The van der Waals surface area contributed by atoms with E-state index in [0.29, 0.717) is 36.6 Å². The zero-order valence-corrected chi connectivity index (χ0v) is 11.5. The Morgan fingerprint density at radius 2 is 2.33 bits per heavy atom. The van der Waals surface area contributed by atoms with Crippen LogP contribution in [0.3, 0.4) is 0 Å². The summed E-state index contributed by atoms with van der Waals surface area (Å²) in [6.45, 7) is 3.52. The van der Waals surface area contributed by atoms with Gasteiger partial charge in [0, 0.05) is 18.1 Å². The van der Waals surface area contributed by atoms with Gasteiger partial charge in [-0.1, -0.05) is 11.6 Å². The molecule has 96 valence electrons. The first kappa shape index (κ1) is 13.2. The minimum absolute atomic E-state index is 0.364. The SMILES string of the molecule is CCOCc1nc(Cl)cc(NCc2cscn2)n1. The number of nitrogens with zero attached hydrogens (tertiary/aromatic N) is 3. The number of nitrogens with one attached hydrogen (secondary N) is 1. The topological polar surface area (TPSA) is 59.9 Å². The number of rotatable bonds is 6. The molecule has 0 aliphatic carbocycles. The summed E-state index contributed by atoms with van der Waals surface area (Å²) in [6.07, 6.45) is 0. The Kier molecular flexibility index (Phi) is 4.86. The number of anilines is 1. The average Bonchev–Trinajstić information content (AvgIpc) is 2.86. The maximum absolute atomic E-state index is 5.93. The van der Waals surface area contributed by atoms with E-state index in [0.717, 1.165) is 5.69 Å². The Balaban J connectivity index is 2.00. The summed E-state index contributed by atoms with van der Waals surface area (Å²) in [7, 11) is 0. The van der Waals surface area contributed by atoms with Crippen molar-refractivity contribution in [1.29, 1.82) is 0 Å². The van der Waals surface area contributed by atoms with Crippen LogP contribution in [-0.2, 0) is 17.9 Å². The molecule has 0 unspecified atom stereocenters. The van der Waals surface area contributed by atoms with E-state index in [2.05, 4.69) is 20.3 Å². The Morgan fingerprint density at radius 1 is 1.44 bits per heavy atom. The molecule has 18 heavy (non-hydrogen) atoms. The van der Waals surface area contributed by atoms with Crippen molar-refractivity contribution in [2.24, 2.45) is 0 Å². The van der Waals surface area contributed by atoms with E-state index in [4.69, 9.17) is 16.3 Å². The van der Waals surface area contributed by atoms with Crippen LogP contribution in [0.15, 0.2) is 17.0 Å². The fourth-order valence-electron chi connectivity index (χ4n) is 1.32. The van der Waals surface area contributed by atoms with Crippen molar-refractivity contribution in [3.63, 3.8) is 0 Å². The standard InChI is InChI=1S/C11H13ClN4OS/c1-2-17-5-11-15-9(12)3-10(16-11)13-4-8-6-18-7-14-8/h3,6-7H,2,4-5H2,1H3,(H,13,15,16). The third kappa shape index (κ3) is 3.90. The lowest BCUT2D eigenvalue weighted by Gasteiger charge is -2.06. The Bertz CT molecular complexity index is 492. The van der Waals surface area contributed by atoms with E-state index in [1.807, 2.05) is 12.3 Å². The highest BCUT2D eigenvalue weighted by molar-refractivity contribution is 7.07. The minimum atomic E-state index is 0.364. The smallest absolute Gasteiger partial charge is 0.158 e. The molecule has 1 N–H and O–H groups in total. The molecule has 2 rings (SSSR count). The van der Waals surface area contributed by atoms with Crippen LogP contribution in [0.5, 0.6) is 0 Å². The highest BCUT2D eigenvalue weighted by atomic mass is 35.5. The second-order valence-corrected chi connectivity index (χ2v) is 4.57. The number of aromatic nitrogens is 3. The predicted octanol–water partition coefficient (Wildman–Crippen LogP) is 2.74. The van der Waals surface area contributed by atoms with E-state index in [-0.39, 0.29) is 0 Å². The summed E-state index contributed by atoms with van der Waals surface area (Å²) in [6, 6.07) is 1.68. The Hall–Kier alpha value is -1.24. The van der Waals surface area contributed by atoms with Crippen LogP contribution in [0.1, 0.15) is 18.4 Å². The normalized spacial score (nSPS) is 10.6. The van der Waals surface area contributed by atoms with Gasteiger partial charge >= 0.3 is 0 Å². The second kappa shape index (κ2) is 6.63. The molecule has 0 radical (unpaired) electrons. The van der Waals surface area contributed by atoms with Crippen LogP contribution in [0, 0.1) is 0 Å². The van der Waals surface area contributed by atoms with Crippen LogP contribution in [0.25, 0.3) is 0 Å². The maximum Gasteiger partial charge on any atom is 0.158 e. The van der Waals surface area contributed by atoms with Crippen molar-refractivity contribution in [2.75, 3.05) is 11.9 Å². The molecule has 5 nitrogen and oxygen atoms in total. The number of thiazole rings is 1. The summed E-state index contributed by atoms with van der Waals surface area (Å²) < 4.78 is 5.26. The van der Waals surface area contributed by atoms with Gasteiger partial charge in [-0.25, -0.2) is 15.0 Å². The zero-order valence-electron chi connectivity index (χ0n) is 9.89. The van der Waals surface area contributed by atoms with Gasteiger partial charge in [-0.05, 0) is 6.92 Å². The van der Waals surface area contributed by atoms with Gasteiger partial charge < -0.3 is 10.1 Å². The summed E-state index contributed by atoms with van der Waals surface area (Å²) in [5.41, 5.74) is 2.77. The fourth-order valence-corrected chi connectivity index (χ4v) is 2.08. The van der Waals surface area contributed by atoms with Gasteiger partial charge in [0.15, 0.2) is 5.82 Å². The quantitative estimate of drug-likeness (QED) is 0.827. The second-order valence-electron chi connectivity index (χ2n) is 3.46. The molecule has 0 saturated heterocycles. The van der Waals surface area contributed by atoms with Crippen LogP contribution in [-0.4, -0.2) is 21.6 Å². The first-order valence-electron chi connectivity index (χ1n) is 5.50. The fraction of sp³-hybridized carbons (Fsp3) is 0.364. The van der Waals surface area contributed by atoms with E-state index in [1.54, 1.807) is 22.9 Å². The van der Waals surface area contributed by atoms with Crippen molar-refractivity contribution in [2.45, 2.75) is 20.1 Å². The largest absolute Gasteiger partial charge is 0.374 e. The molecule has 2 heterocycles. The van der Waals surface area contributed by atoms with E-state index >= 15 is 0 Å². The summed E-state index contributed by atoms with van der Waals surface area (Å²) in [5.74, 6) is 1.25. The third-order valence-corrected chi connectivity index (χ3v) is 2.94. The number of halogens is 1. The number of hydrogen-bond donors (Lipinski definition) is 1. The van der Waals surface area contributed by atoms with Gasteiger partial charge in [-0.3, -0.25) is 0 Å². The van der Waals surface area contributed by atoms with Gasteiger partial charge in [0.1, 0.15) is 17.6 Å². The molecular weight excluding hydrogens is 272 g/mol. The highest BCUT2D eigenvalue weighted by Gasteiger charge is 2.04.